The summed E-state index contributed by atoms with van der Waals surface area (Å²) >= 11 is 0. The van der Waals surface area contributed by atoms with E-state index in [0.717, 1.165) is 24.7 Å². The van der Waals surface area contributed by atoms with Crippen LogP contribution in [0.15, 0.2) is 6.33 Å². The zero-order valence-corrected chi connectivity index (χ0v) is 11.4. The Kier molecular flexibility index (Phi) is 2.91. The smallest absolute Gasteiger partial charge is 0.133 e. The Morgan fingerprint density at radius 3 is 3.11 bits per heavy atom. The van der Waals surface area contributed by atoms with Crippen LogP contribution in [0.1, 0.15) is 43.4 Å². The number of hydrogen-bond acceptors (Lipinski definition) is 4. The average Bonchev–Trinajstić information content (AvgIpc) is 3.06. The van der Waals surface area contributed by atoms with Crippen LogP contribution in [0.5, 0.6) is 0 Å². The van der Waals surface area contributed by atoms with Gasteiger partial charge in [-0.1, -0.05) is 0 Å². The lowest BCUT2D eigenvalue weighted by molar-refractivity contribution is 0.188. The van der Waals surface area contributed by atoms with Crippen molar-refractivity contribution in [2.24, 2.45) is 0 Å². The van der Waals surface area contributed by atoms with Crippen LogP contribution in [-0.4, -0.2) is 40.0 Å². The maximum absolute atomic E-state index is 4.49. The van der Waals surface area contributed by atoms with Gasteiger partial charge in [-0.2, -0.15) is 0 Å². The van der Waals surface area contributed by atoms with Crippen LogP contribution in [0.4, 0.5) is 5.82 Å². The van der Waals surface area contributed by atoms with E-state index in [1.807, 2.05) is 0 Å². The van der Waals surface area contributed by atoms with E-state index in [1.54, 1.807) is 6.33 Å². The highest BCUT2D eigenvalue weighted by Gasteiger charge is 2.32. The quantitative estimate of drug-likeness (QED) is 0.881. The molecule has 1 aliphatic carbocycles. The SMILES string of the molecule is c1nc2c(c(NC3CCN4CCCC4C3)n1)CCC2. The summed E-state index contributed by atoms with van der Waals surface area (Å²) in [6.45, 7) is 2.58. The summed E-state index contributed by atoms with van der Waals surface area (Å²) < 4.78 is 0. The molecule has 2 saturated heterocycles. The third kappa shape index (κ3) is 2.12. The van der Waals surface area contributed by atoms with E-state index in [9.17, 15) is 0 Å². The van der Waals surface area contributed by atoms with Crippen molar-refractivity contribution in [3.63, 3.8) is 0 Å². The molecule has 4 rings (SSSR count). The van der Waals surface area contributed by atoms with Gasteiger partial charge in [0.1, 0.15) is 12.1 Å². The molecule has 2 atom stereocenters. The first kappa shape index (κ1) is 11.6. The number of piperidine rings is 1. The van der Waals surface area contributed by atoms with Gasteiger partial charge in [0.25, 0.3) is 0 Å². The zero-order chi connectivity index (χ0) is 12.7. The van der Waals surface area contributed by atoms with Crippen LogP contribution in [0.2, 0.25) is 0 Å². The summed E-state index contributed by atoms with van der Waals surface area (Å²) in [6, 6.07) is 1.43. The molecule has 3 aliphatic rings. The number of aromatic nitrogens is 2. The molecule has 0 radical (unpaired) electrons. The van der Waals surface area contributed by atoms with Gasteiger partial charge < -0.3 is 10.2 Å². The Labute approximate surface area is 114 Å². The van der Waals surface area contributed by atoms with Crippen LogP contribution < -0.4 is 5.32 Å². The fraction of sp³-hybridized carbons (Fsp3) is 0.733. The van der Waals surface area contributed by atoms with Gasteiger partial charge in [0.05, 0.1) is 0 Å². The molecule has 0 amide bonds. The van der Waals surface area contributed by atoms with Gasteiger partial charge in [0.2, 0.25) is 0 Å². The largest absolute Gasteiger partial charge is 0.367 e. The maximum atomic E-state index is 4.49. The van der Waals surface area contributed by atoms with Gasteiger partial charge in [-0.05, 0) is 51.5 Å². The summed E-state index contributed by atoms with van der Waals surface area (Å²) in [5.74, 6) is 1.12. The summed E-state index contributed by atoms with van der Waals surface area (Å²) in [5, 5.41) is 3.72. The Morgan fingerprint density at radius 1 is 1.11 bits per heavy atom. The first-order valence-corrected chi connectivity index (χ1v) is 7.73. The van der Waals surface area contributed by atoms with Crippen LogP contribution in [-0.2, 0) is 12.8 Å². The topological polar surface area (TPSA) is 41.1 Å². The Morgan fingerprint density at radius 2 is 2.11 bits per heavy atom. The molecule has 2 aliphatic heterocycles. The number of fused-ring (bicyclic) bond motifs is 2. The molecule has 3 heterocycles. The monoisotopic (exact) mass is 258 g/mol. The minimum atomic E-state index is 0.610. The number of aryl methyl sites for hydroxylation is 1. The molecular formula is C15H22N4. The van der Waals surface area contributed by atoms with Crippen molar-refractivity contribution >= 4 is 5.82 Å². The Balaban J connectivity index is 1.48. The van der Waals surface area contributed by atoms with E-state index in [1.165, 1.54) is 56.5 Å². The molecular weight excluding hydrogens is 236 g/mol. The van der Waals surface area contributed by atoms with Crippen LogP contribution in [0.25, 0.3) is 0 Å². The first-order chi connectivity index (χ1) is 9.40. The molecule has 19 heavy (non-hydrogen) atoms. The second-order valence-corrected chi connectivity index (χ2v) is 6.20. The molecule has 1 N–H and O–H groups in total. The van der Waals surface area contributed by atoms with Gasteiger partial charge in [0, 0.05) is 29.9 Å². The minimum Gasteiger partial charge on any atom is -0.367 e. The molecule has 0 spiro atoms. The molecule has 2 fully saturated rings. The van der Waals surface area contributed by atoms with Crippen molar-refractivity contribution < 1.29 is 0 Å². The van der Waals surface area contributed by atoms with Crippen molar-refractivity contribution in [2.75, 3.05) is 18.4 Å². The van der Waals surface area contributed by atoms with Crippen LogP contribution >= 0.6 is 0 Å². The van der Waals surface area contributed by atoms with Gasteiger partial charge in [0.15, 0.2) is 0 Å². The van der Waals surface area contributed by atoms with Crippen molar-refractivity contribution in [3.05, 3.63) is 17.6 Å². The number of anilines is 1. The first-order valence-electron chi connectivity index (χ1n) is 7.73. The predicted molar refractivity (Wildman–Crippen MR) is 75.3 cm³/mol. The minimum absolute atomic E-state index is 0.610. The summed E-state index contributed by atoms with van der Waals surface area (Å²) in [5.41, 5.74) is 2.66. The lowest BCUT2D eigenvalue weighted by Gasteiger charge is -2.35. The molecule has 0 bridgehead atoms. The second-order valence-electron chi connectivity index (χ2n) is 6.20. The van der Waals surface area contributed by atoms with Gasteiger partial charge in [-0.25, -0.2) is 9.97 Å². The van der Waals surface area contributed by atoms with Gasteiger partial charge in [-0.3, -0.25) is 0 Å². The van der Waals surface area contributed by atoms with E-state index in [4.69, 9.17) is 0 Å². The summed E-state index contributed by atoms with van der Waals surface area (Å²) in [6.07, 6.45) is 10.6. The molecule has 1 aromatic heterocycles. The molecule has 0 saturated carbocycles. The molecule has 1 aromatic rings. The highest BCUT2D eigenvalue weighted by molar-refractivity contribution is 5.48. The van der Waals surface area contributed by atoms with E-state index in [2.05, 4.69) is 20.2 Å². The van der Waals surface area contributed by atoms with Gasteiger partial charge >= 0.3 is 0 Å². The van der Waals surface area contributed by atoms with Crippen molar-refractivity contribution in [2.45, 2.75) is 57.0 Å². The second kappa shape index (κ2) is 4.75. The van der Waals surface area contributed by atoms with Crippen molar-refractivity contribution in [1.29, 1.82) is 0 Å². The standard InChI is InChI=1S/C15H22N4/c1-4-13-14(5-1)16-10-17-15(13)18-11-6-8-19-7-2-3-12(19)9-11/h10-12H,1-9H2,(H,16,17,18). The van der Waals surface area contributed by atoms with Crippen LogP contribution in [0, 0.1) is 0 Å². The molecule has 4 nitrogen and oxygen atoms in total. The lowest BCUT2D eigenvalue weighted by atomic mass is 9.97. The number of hydrogen-bond donors (Lipinski definition) is 1. The van der Waals surface area contributed by atoms with Crippen molar-refractivity contribution in [3.8, 4) is 0 Å². The highest BCUT2D eigenvalue weighted by atomic mass is 15.2. The Hall–Kier alpha value is -1.16. The summed E-state index contributed by atoms with van der Waals surface area (Å²) in [7, 11) is 0. The van der Waals surface area contributed by atoms with E-state index >= 15 is 0 Å². The molecule has 4 heteroatoms. The van der Waals surface area contributed by atoms with E-state index in [-0.39, 0.29) is 0 Å². The van der Waals surface area contributed by atoms with Crippen molar-refractivity contribution in [1.82, 2.24) is 14.9 Å². The third-order valence-electron chi connectivity index (χ3n) is 5.04. The highest BCUT2D eigenvalue weighted by Crippen LogP contribution is 2.30. The normalized spacial score (nSPS) is 30.1. The molecule has 102 valence electrons. The predicted octanol–water partition coefficient (Wildman–Crippen LogP) is 2.00. The fourth-order valence-corrected chi connectivity index (χ4v) is 4.03. The number of nitrogens with one attached hydrogen (secondary N) is 1. The number of rotatable bonds is 2. The summed E-state index contributed by atoms with van der Waals surface area (Å²) in [4.78, 5) is 11.6. The maximum Gasteiger partial charge on any atom is 0.133 e. The van der Waals surface area contributed by atoms with E-state index in [0.29, 0.717) is 6.04 Å². The van der Waals surface area contributed by atoms with E-state index < -0.39 is 0 Å². The molecule has 2 unspecified atom stereocenters. The van der Waals surface area contributed by atoms with Gasteiger partial charge in [-0.15, -0.1) is 0 Å². The zero-order valence-electron chi connectivity index (χ0n) is 11.4. The lowest BCUT2D eigenvalue weighted by Crippen LogP contribution is -2.43. The van der Waals surface area contributed by atoms with Crippen LogP contribution in [0.3, 0.4) is 0 Å². The number of nitrogens with zero attached hydrogens (tertiary/aromatic N) is 3. The third-order valence-corrected chi connectivity index (χ3v) is 5.04. The average molecular weight is 258 g/mol. The Bertz CT molecular complexity index is 473. The molecule has 0 aromatic carbocycles. The fourth-order valence-electron chi connectivity index (χ4n) is 4.03.